The van der Waals surface area contributed by atoms with E-state index in [0.717, 1.165) is 5.69 Å². The molecule has 6 nitrogen and oxygen atoms in total. The molecule has 0 fully saturated rings. The van der Waals surface area contributed by atoms with Crippen LogP contribution in [0.4, 0.5) is 18.9 Å². The topological polar surface area (TPSA) is 73.3 Å². The minimum Gasteiger partial charge on any atom is -0.477 e. The van der Waals surface area contributed by atoms with Gasteiger partial charge in [0.25, 0.3) is 5.91 Å². The molecule has 1 N–H and O–H groups in total. The molecule has 0 saturated carbocycles. The molecule has 2 heterocycles. The number of carbonyl (C=O) groups is 1. The highest BCUT2D eigenvalue weighted by Crippen LogP contribution is 2.29. The lowest BCUT2D eigenvalue weighted by molar-refractivity contribution is -0.274. The maximum absolute atomic E-state index is 12.9. The molecule has 4 aromatic rings. The molecule has 0 aliphatic rings. The molecule has 0 atom stereocenters. The van der Waals surface area contributed by atoms with Gasteiger partial charge in [-0.05, 0) is 47.5 Å². The number of halogens is 3. The zero-order valence-electron chi connectivity index (χ0n) is 18.3. The van der Waals surface area contributed by atoms with Crippen molar-refractivity contribution in [1.82, 2.24) is 9.97 Å². The molecule has 9 heteroatoms. The minimum atomic E-state index is -4.77. The van der Waals surface area contributed by atoms with E-state index >= 15 is 0 Å². The van der Waals surface area contributed by atoms with E-state index in [9.17, 15) is 18.0 Å². The van der Waals surface area contributed by atoms with E-state index in [2.05, 4.69) is 20.0 Å². The number of anilines is 1. The molecule has 178 valence electrons. The van der Waals surface area contributed by atoms with Gasteiger partial charge in [-0.15, -0.1) is 13.2 Å². The number of alkyl halides is 3. The van der Waals surface area contributed by atoms with Gasteiger partial charge in [0.2, 0.25) is 5.88 Å². The van der Waals surface area contributed by atoms with E-state index in [1.807, 2.05) is 18.2 Å². The van der Waals surface area contributed by atoms with Crippen molar-refractivity contribution in [2.75, 3.05) is 11.9 Å². The van der Waals surface area contributed by atoms with Crippen LogP contribution in [-0.2, 0) is 6.42 Å². The summed E-state index contributed by atoms with van der Waals surface area (Å²) in [6.07, 6.45) is -0.922. The van der Waals surface area contributed by atoms with Gasteiger partial charge in [0.05, 0.1) is 18.5 Å². The quantitative estimate of drug-likeness (QED) is 0.340. The van der Waals surface area contributed by atoms with Gasteiger partial charge in [0.1, 0.15) is 5.75 Å². The second-order valence-electron chi connectivity index (χ2n) is 7.38. The SMILES string of the molecule is O=C(Nc1ccc(OCCc2ccccn2)nc1)c1ccccc1-c1ccc(OC(F)(F)F)cc1. The number of hydrogen-bond acceptors (Lipinski definition) is 5. The Morgan fingerprint density at radius 2 is 1.66 bits per heavy atom. The zero-order valence-corrected chi connectivity index (χ0v) is 18.3. The fourth-order valence-electron chi connectivity index (χ4n) is 3.31. The average Bonchev–Trinajstić information content (AvgIpc) is 2.85. The summed E-state index contributed by atoms with van der Waals surface area (Å²) < 4.78 is 46.8. The number of pyridine rings is 2. The number of amides is 1. The van der Waals surface area contributed by atoms with E-state index in [0.29, 0.717) is 41.3 Å². The van der Waals surface area contributed by atoms with Crippen LogP contribution in [0.25, 0.3) is 11.1 Å². The number of nitrogens with zero attached hydrogens (tertiary/aromatic N) is 2. The number of aromatic nitrogens is 2. The van der Waals surface area contributed by atoms with Crippen molar-refractivity contribution in [2.24, 2.45) is 0 Å². The lowest BCUT2D eigenvalue weighted by Crippen LogP contribution is -2.17. The van der Waals surface area contributed by atoms with E-state index in [1.165, 1.54) is 30.5 Å². The second kappa shape index (κ2) is 10.7. The van der Waals surface area contributed by atoms with Crippen molar-refractivity contribution in [3.63, 3.8) is 0 Å². The molecule has 1 amide bonds. The van der Waals surface area contributed by atoms with Gasteiger partial charge in [-0.25, -0.2) is 4.98 Å². The zero-order chi connectivity index (χ0) is 24.7. The van der Waals surface area contributed by atoms with Gasteiger partial charge in [-0.2, -0.15) is 0 Å². The monoisotopic (exact) mass is 479 g/mol. The van der Waals surface area contributed by atoms with Gasteiger partial charge < -0.3 is 14.8 Å². The van der Waals surface area contributed by atoms with Crippen LogP contribution in [0.15, 0.2) is 91.3 Å². The highest BCUT2D eigenvalue weighted by molar-refractivity contribution is 6.08. The molecule has 0 spiro atoms. The van der Waals surface area contributed by atoms with Crippen molar-refractivity contribution < 1.29 is 27.4 Å². The van der Waals surface area contributed by atoms with Crippen LogP contribution in [0.2, 0.25) is 0 Å². The molecule has 0 unspecified atom stereocenters. The van der Waals surface area contributed by atoms with Crippen molar-refractivity contribution in [3.05, 3.63) is 103 Å². The Bertz CT molecular complexity index is 1260. The predicted octanol–water partition coefficient (Wildman–Crippen LogP) is 5.92. The molecule has 2 aromatic carbocycles. The third-order valence-corrected chi connectivity index (χ3v) is 4.90. The predicted molar refractivity (Wildman–Crippen MR) is 124 cm³/mol. The molecule has 0 aliphatic heterocycles. The number of ether oxygens (including phenoxy) is 2. The summed E-state index contributed by atoms with van der Waals surface area (Å²) in [5.74, 6) is -0.307. The van der Waals surface area contributed by atoms with E-state index in [-0.39, 0.29) is 11.7 Å². The molecule has 0 saturated heterocycles. The van der Waals surface area contributed by atoms with Crippen LogP contribution in [0.5, 0.6) is 11.6 Å². The first-order valence-corrected chi connectivity index (χ1v) is 10.6. The molecule has 0 radical (unpaired) electrons. The molecule has 0 aliphatic carbocycles. The first-order valence-electron chi connectivity index (χ1n) is 10.6. The Hall–Kier alpha value is -4.40. The van der Waals surface area contributed by atoms with Gasteiger partial charge in [-0.1, -0.05) is 36.4 Å². The molecule has 2 aromatic heterocycles. The summed E-state index contributed by atoms with van der Waals surface area (Å²) in [7, 11) is 0. The highest BCUT2D eigenvalue weighted by atomic mass is 19.4. The number of carbonyl (C=O) groups excluding carboxylic acids is 1. The molecular weight excluding hydrogens is 459 g/mol. The summed E-state index contributed by atoms with van der Waals surface area (Å²) in [5.41, 5.74) is 2.87. The van der Waals surface area contributed by atoms with Gasteiger partial charge in [-0.3, -0.25) is 9.78 Å². The van der Waals surface area contributed by atoms with Gasteiger partial charge >= 0.3 is 6.36 Å². The molecular formula is C26H20F3N3O3. The summed E-state index contributed by atoms with van der Waals surface area (Å²) >= 11 is 0. The summed E-state index contributed by atoms with van der Waals surface area (Å²) in [4.78, 5) is 21.4. The van der Waals surface area contributed by atoms with Crippen molar-refractivity contribution in [1.29, 1.82) is 0 Å². The second-order valence-corrected chi connectivity index (χ2v) is 7.38. The largest absolute Gasteiger partial charge is 0.573 e. The normalized spacial score (nSPS) is 11.1. The van der Waals surface area contributed by atoms with Crippen molar-refractivity contribution >= 4 is 11.6 Å². The first-order chi connectivity index (χ1) is 16.9. The lowest BCUT2D eigenvalue weighted by Gasteiger charge is -2.12. The third-order valence-electron chi connectivity index (χ3n) is 4.90. The highest BCUT2D eigenvalue weighted by Gasteiger charge is 2.31. The van der Waals surface area contributed by atoms with Crippen molar-refractivity contribution in [2.45, 2.75) is 12.8 Å². The smallest absolute Gasteiger partial charge is 0.477 e. The van der Waals surface area contributed by atoms with Crippen LogP contribution in [0.3, 0.4) is 0 Å². The minimum absolute atomic E-state index is 0.336. The van der Waals surface area contributed by atoms with E-state index in [4.69, 9.17) is 4.74 Å². The number of rotatable bonds is 8. The summed E-state index contributed by atoms with van der Waals surface area (Å²) in [5, 5.41) is 2.78. The van der Waals surface area contributed by atoms with Crippen LogP contribution in [0, 0.1) is 0 Å². The van der Waals surface area contributed by atoms with Gasteiger partial charge in [0.15, 0.2) is 0 Å². The fourth-order valence-corrected chi connectivity index (χ4v) is 3.31. The lowest BCUT2D eigenvalue weighted by atomic mass is 9.99. The average molecular weight is 479 g/mol. The van der Waals surface area contributed by atoms with Crippen LogP contribution < -0.4 is 14.8 Å². The number of hydrogen-bond donors (Lipinski definition) is 1. The van der Waals surface area contributed by atoms with Crippen LogP contribution in [-0.4, -0.2) is 28.8 Å². The third kappa shape index (κ3) is 6.80. The maximum Gasteiger partial charge on any atom is 0.573 e. The summed E-state index contributed by atoms with van der Waals surface area (Å²) in [6, 6.07) is 21.1. The molecule has 35 heavy (non-hydrogen) atoms. The van der Waals surface area contributed by atoms with Gasteiger partial charge in [0, 0.05) is 29.9 Å². The van der Waals surface area contributed by atoms with E-state index < -0.39 is 6.36 Å². The Morgan fingerprint density at radius 1 is 0.886 bits per heavy atom. The maximum atomic E-state index is 12.9. The summed E-state index contributed by atoms with van der Waals surface area (Å²) in [6.45, 7) is 0.413. The standard InChI is InChI=1S/C26H20F3N3O3/c27-26(28,29)35-21-11-8-18(9-12-21)22-6-1-2-7-23(22)25(33)32-20-10-13-24(31-17-20)34-16-14-19-5-3-4-15-30-19/h1-13,15,17H,14,16H2,(H,32,33). The molecule has 4 rings (SSSR count). The van der Waals surface area contributed by atoms with Crippen LogP contribution >= 0.6 is 0 Å². The van der Waals surface area contributed by atoms with Crippen LogP contribution in [0.1, 0.15) is 16.1 Å². The fraction of sp³-hybridized carbons (Fsp3) is 0.115. The Kier molecular flexibility index (Phi) is 7.25. The Morgan fingerprint density at radius 3 is 2.34 bits per heavy atom. The Balaban J connectivity index is 1.39. The van der Waals surface area contributed by atoms with Crippen molar-refractivity contribution in [3.8, 4) is 22.8 Å². The first kappa shape index (κ1) is 23.7. The number of nitrogens with one attached hydrogen (secondary N) is 1. The number of benzene rings is 2. The molecule has 0 bridgehead atoms. The van der Waals surface area contributed by atoms with E-state index in [1.54, 1.807) is 42.6 Å². The Labute approximate surface area is 199 Å².